The maximum atomic E-state index is 12.5. The number of carbonyl (C=O) groups excluding carboxylic acids is 2. The number of amides is 2. The fourth-order valence-electron chi connectivity index (χ4n) is 2.53. The van der Waals surface area contributed by atoms with E-state index in [0.29, 0.717) is 40.2 Å². The van der Waals surface area contributed by atoms with E-state index in [4.69, 9.17) is 9.84 Å². The van der Waals surface area contributed by atoms with Gasteiger partial charge in [0.05, 0.1) is 0 Å². The minimum atomic E-state index is -1.06. The smallest absolute Gasteiger partial charge is 0.341 e. The SMILES string of the molecule is CCC(=O)Nc1ccc(NC(=O)c2cc(C)c(OCC(=O)O)c(C)c2)cc1. The van der Waals surface area contributed by atoms with Gasteiger partial charge >= 0.3 is 5.97 Å². The van der Waals surface area contributed by atoms with Crippen molar-refractivity contribution in [2.75, 3.05) is 17.2 Å². The zero-order valence-electron chi connectivity index (χ0n) is 15.5. The van der Waals surface area contributed by atoms with E-state index < -0.39 is 12.6 Å². The summed E-state index contributed by atoms with van der Waals surface area (Å²) in [6, 6.07) is 10.1. The Balaban J connectivity index is 2.09. The van der Waals surface area contributed by atoms with Crippen LogP contribution in [0.25, 0.3) is 0 Å². The fourth-order valence-corrected chi connectivity index (χ4v) is 2.53. The summed E-state index contributed by atoms with van der Waals surface area (Å²) in [5, 5.41) is 14.3. The molecular weight excluding hydrogens is 348 g/mol. The van der Waals surface area contributed by atoms with E-state index in [9.17, 15) is 14.4 Å². The monoisotopic (exact) mass is 370 g/mol. The molecule has 0 spiro atoms. The number of rotatable bonds is 7. The van der Waals surface area contributed by atoms with Crippen molar-refractivity contribution in [1.82, 2.24) is 0 Å². The van der Waals surface area contributed by atoms with Crippen molar-refractivity contribution >= 4 is 29.2 Å². The Hall–Kier alpha value is -3.35. The summed E-state index contributed by atoms with van der Waals surface area (Å²) < 4.78 is 5.27. The van der Waals surface area contributed by atoms with Gasteiger partial charge in [0, 0.05) is 23.4 Å². The van der Waals surface area contributed by atoms with E-state index in [2.05, 4.69) is 10.6 Å². The lowest BCUT2D eigenvalue weighted by molar-refractivity contribution is -0.139. The third-order valence-electron chi connectivity index (χ3n) is 3.81. The second-order valence-corrected chi connectivity index (χ2v) is 6.05. The van der Waals surface area contributed by atoms with E-state index >= 15 is 0 Å². The number of carboxylic acid groups (broad SMARTS) is 1. The summed E-state index contributed by atoms with van der Waals surface area (Å²) >= 11 is 0. The van der Waals surface area contributed by atoms with Crippen molar-refractivity contribution in [2.24, 2.45) is 0 Å². The third kappa shape index (κ3) is 5.57. The van der Waals surface area contributed by atoms with Crippen LogP contribution in [0, 0.1) is 13.8 Å². The molecule has 7 nitrogen and oxygen atoms in total. The maximum absolute atomic E-state index is 12.5. The number of benzene rings is 2. The number of nitrogens with one attached hydrogen (secondary N) is 2. The number of aliphatic carboxylic acids is 1. The third-order valence-corrected chi connectivity index (χ3v) is 3.81. The van der Waals surface area contributed by atoms with Gasteiger partial charge < -0.3 is 20.5 Å². The van der Waals surface area contributed by atoms with Crippen LogP contribution in [0.3, 0.4) is 0 Å². The van der Waals surface area contributed by atoms with Gasteiger partial charge in [0.2, 0.25) is 5.91 Å². The lowest BCUT2D eigenvalue weighted by Gasteiger charge is -2.13. The first kappa shape index (κ1) is 20.0. The molecule has 27 heavy (non-hydrogen) atoms. The Labute approximate surface area is 157 Å². The lowest BCUT2D eigenvalue weighted by atomic mass is 10.0. The van der Waals surface area contributed by atoms with Crippen molar-refractivity contribution in [3.63, 3.8) is 0 Å². The van der Waals surface area contributed by atoms with E-state index in [1.807, 2.05) is 0 Å². The van der Waals surface area contributed by atoms with Crippen LogP contribution in [0.15, 0.2) is 36.4 Å². The second kappa shape index (κ2) is 8.84. The van der Waals surface area contributed by atoms with Gasteiger partial charge in [-0.2, -0.15) is 0 Å². The summed E-state index contributed by atoms with van der Waals surface area (Å²) in [6.07, 6.45) is 0.392. The van der Waals surface area contributed by atoms with E-state index in [1.165, 1.54) is 0 Å². The van der Waals surface area contributed by atoms with Crippen molar-refractivity contribution in [3.8, 4) is 5.75 Å². The number of hydrogen-bond acceptors (Lipinski definition) is 4. The summed E-state index contributed by atoms with van der Waals surface area (Å²) in [5.41, 5.74) is 3.05. The second-order valence-electron chi connectivity index (χ2n) is 6.05. The van der Waals surface area contributed by atoms with Crippen LogP contribution in [-0.2, 0) is 9.59 Å². The minimum Gasteiger partial charge on any atom is -0.481 e. The highest BCUT2D eigenvalue weighted by Gasteiger charge is 2.13. The molecule has 2 aromatic carbocycles. The number of hydrogen-bond donors (Lipinski definition) is 3. The molecule has 3 N–H and O–H groups in total. The minimum absolute atomic E-state index is 0.0806. The molecule has 2 aromatic rings. The van der Waals surface area contributed by atoms with Crippen LogP contribution < -0.4 is 15.4 Å². The maximum Gasteiger partial charge on any atom is 0.341 e. The molecule has 0 heterocycles. The Bertz CT molecular complexity index is 836. The molecule has 2 amide bonds. The number of carboxylic acids is 1. The Morgan fingerprint density at radius 2 is 1.48 bits per heavy atom. The highest BCUT2D eigenvalue weighted by Crippen LogP contribution is 2.25. The van der Waals surface area contributed by atoms with Crippen molar-refractivity contribution < 1.29 is 24.2 Å². The molecule has 2 rings (SSSR count). The highest BCUT2D eigenvalue weighted by atomic mass is 16.5. The van der Waals surface area contributed by atoms with Crippen LogP contribution in [0.5, 0.6) is 5.75 Å². The molecule has 0 saturated heterocycles. The molecule has 0 aliphatic heterocycles. The summed E-state index contributed by atoms with van der Waals surface area (Å²) in [4.78, 5) is 34.5. The van der Waals surface area contributed by atoms with Gasteiger partial charge in [0.1, 0.15) is 5.75 Å². The quantitative estimate of drug-likeness (QED) is 0.693. The predicted molar refractivity (Wildman–Crippen MR) is 102 cm³/mol. The van der Waals surface area contributed by atoms with Gasteiger partial charge in [0.15, 0.2) is 6.61 Å². The molecule has 7 heteroatoms. The topological polar surface area (TPSA) is 105 Å². The van der Waals surface area contributed by atoms with Crippen molar-refractivity contribution in [2.45, 2.75) is 27.2 Å². The molecule has 0 aliphatic rings. The lowest BCUT2D eigenvalue weighted by Crippen LogP contribution is -2.14. The standard InChI is InChI=1S/C20H22N2O5/c1-4-17(23)21-15-5-7-16(8-6-15)22-20(26)14-9-12(2)19(13(3)10-14)27-11-18(24)25/h5-10H,4,11H2,1-3H3,(H,21,23)(H,22,26)(H,24,25). The highest BCUT2D eigenvalue weighted by molar-refractivity contribution is 6.04. The molecule has 142 valence electrons. The first-order valence-corrected chi connectivity index (χ1v) is 8.47. The largest absolute Gasteiger partial charge is 0.481 e. The fraction of sp³-hybridized carbons (Fsp3) is 0.250. The van der Waals surface area contributed by atoms with Crippen LogP contribution in [0.2, 0.25) is 0 Å². The van der Waals surface area contributed by atoms with Gasteiger partial charge in [-0.15, -0.1) is 0 Å². The van der Waals surface area contributed by atoms with Crippen LogP contribution in [0.4, 0.5) is 11.4 Å². The van der Waals surface area contributed by atoms with E-state index in [1.54, 1.807) is 57.2 Å². The molecule has 0 atom stereocenters. The Morgan fingerprint density at radius 3 is 1.96 bits per heavy atom. The molecular formula is C20H22N2O5. The Kier molecular flexibility index (Phi) is 6.54. The molecule has 0 radical (unpaired) electrons. The number of carbonyl (C=O) groups is 3. The zero-order chi connectivity index (χ0) is 20.0. The van der Waals surface area contributed by atoms with Gasteiger partial charge in [-0.05, 0) is 61.4 Å². The predicted octanol–water partition coefficient (Wildman–Crippen LogP) is 3.37. The van der Waals surface area contributed by atoms with Crippen LogP contribution in [0.1, 0.15) is 34.8 Å². The number of aryl methyl sites for hydroxylation is 2. The normalized spacial score (nSPS) is 10.2. The van der Waals surface area contributed by atoms with Gasteiger partial charge in [-0.3, -0.25) is 9.59 Å². The molecule has 0 unspecified atom stereocenters. The molecule has 0 bridgehead atoms. The van der Waals surface area contributed by atoms with E-state index in [0.717, 1.165) is 0 Å². The zero-order valence-corrected chi connectivity index (χ0v) is 15.5. The van der Waals surface area contributed by atoms with Crippen LogP contribution >= 0.6 is 0 Å². The molecule has 0 aromatic heterocycles. The van der Waals surface area contributed by atoms with E-state index in [-0.39, 0.29) is 11.8 Å². The first-order chi connectivity index (χ1) is 12.8. The van der Waals surface area contributed by atoms with Crippen molar-refractivity contribution in [3.05, 3.63) is 53.1 Å². The van der Waals surface area contributed by atoms with Crippen molar-refractivity contribution in [1.29, 1.82) is 0 Å². The first-order valence-electron chi connectivity index (χ1n) is 8.47. The van der Waals surface area contributed by atoms with Crippen LogP contribution in [-0.4, -0.2) is 29.5 Å². The van der Waals surface area contributed by atoms with Gasteiger partial charge in [-0.25, -0.2) is 4.79 Å². The molecule has 0 fully saturated rings. The van der Waals surface area contributed by atoms with Gasteiger partial charge in [-0.1, -0.05) is 6.92 Å². The average Bonchev–Trinajstić information content (AvgIpc) is 2.62. The number of ether oxygens (including phenoxy) is 1. The summed E-state index contributed by atoms with van der Waals surface area (Å²) in [7, 11) is 0. The number of anilines is 2. The van der Waals surface area contributed by atoms with Gasteiger partial charge in [0.25, 0.3) is 5.91 Å². The summed E-state index contributed by atoms with van der Waals surface area (Å²) in [6.45, 7) is 4.85. The summed E-state index contributed by atoms with van der Waals surface area (Å²) in [5.74, 6) is -0.974. The molecule has 0 aliphatic carbocycles. The average molecular weight is 370 g/mol. The molecule has 0 saturated carbocycles. The Morgan fingerprint density at radius 1 is 0.963 bits per heavy atom.